The number of nitrogens with zero attached hydrogens (tertiary/aromatic N) is 2. The summed E-state index contributed by atoms with van der Waals surface area (Å²) < 4.78 is -0.756. The molecule has 2 aliphatic rings. The highest BCUT2D eigenvalue weighted by Gasteiger charge is 2.64. The van der Waals surface area contributed by atoms with Crippen LogP contribution in [0.4, 0.5) is 0 Å². The van der Waals surface area contributed by atoms with Crippen LogP contribution in [0, 0.1) is 0 Å². The Kier molecular flexibility index (Phi) is 5.86. The van der Waals surface area contributed by atoms with Crippen LogP contribution in [0.1, 0.15) is 35.8 Å². The molecular formula is C22H22N4O7S. The van der Waals surface area contributed by atoms with Gasteiger partial charge in [-0.25, -0.2) is 4.79 Å². The number of fused-ring (bicyclic) bond motifs is 1. The van der Waals surface area contributed by atoms with Crippen LogP contribution in [0.3, 0.4) is 0 Å². The van der Waals surface area contributed by atoms with Gasteiger partial charge in [0.25, 0.3) is 5.91 Å². The molecule has 0 radical (unpaired) electrons. The fraction of sp³-hybridized carbons (Fsp3) is 0.318. The predicted molar refractivity (Wildman–Crippen MR) is 120 cm³/mol. The largest absolute Gasteiger partial charge is 0.508 e. The average Bonchev–Trinajstić information content (AvgIpc) is 3.04. The quantitative estimate of drug-likeness (QED) is 0.367. The molecule has 34 heavy (non-hydrogen) atoms. The zero-order chi connectivity index (χ0) is 24.8. The monoisotopic (exact) mass is 486 g/mol. The number of β-lactam (4-membered cyclic amide) rings is 1. The zero-order valence-electron chi connectivity index (χ0n) is 18.1. The molecule has 0 spiro atoms. The maximum atomic E-state index is 13.2. The van der Waals surface area contributed by atoms with Gasteiger partial charge in [0, 0.05) is 17.1 Å². The molecule has 0 saturated carbocycles. The zero-order valence-corrected chi connectivity index (χ0v) is 18.9. The van der Waals surface area contributed by atoms with Gasteiger partial charge in [-0.15, -0.1) is 11.8 Å². The molecule has 1 aromatic carbocycles. The molecule has 2 aromatic rings. The van der Waals surface area contributed by atoms with Crippen molar-refractivity contribution in [2.75, 3.05) is 0 Å². The van der Waals surface area contributed by atoms with E-state index < -0.39 is 51.9 Å². The van der Waals surface area contributed by atoms with E-state index in [0.29, 0.717) is 5.56 Å². The second-order valence-corrected chi connectivity index (χ2v) is 10.2. The van der Waals surface area contributed by atoms with Crippen molar-refractivity contribution in [2.45, 2.75) is 42.1 Å². The van der Waals surface area contributed by atoms with Crippen molar-refractivity contribution in [3.05, 3.63) is 53.9 Å². The van der Waals surface area contributed by atoms with E-state index >= 15 is 0 Å². The normalized spacial score (nSPS) is 23.4. The fourth-order valence-electron chi connectivity index (χ4n) is 4.12. The number of amides is 3. The number of carboxylic acid groups (broad SMARTS) is 1. The number of nitrogens with one attached hydrogen (secondary N) is 2. The van der Waals surface area contributed by atoms with Gasteiger partial charge >= 0.3 is 5.97 Å². The number of phenolic OH excluding ortho intramolecular Hbond substituents is 1. The summed E-state index contributed by atoms with van der Waals surface area (Å²) in [5.41, 5.74) is 0.167. The smallest absolute Gasteiger partial charge is 0.327 e. The van der Waals surface area contributed by atoms with Gasteiger partial charge in [0.15, 0.2) is 0 Å². The third kappa shape index (κ3) is 4.00. The van der Waals surface area contributed by atoms with Crippen LogP contribution in [0.25, 0.3) is 0 Å². The van der Waals surface area contributed by atoms with E-state index in [2.05, 4.69) is 15.6 Å². The van der Waals surface area contributed by atoms with E-state index in [1.807, 2.05) is 0 Å². The maximum Gasteiger partial charge on any atom is 0.327 e. The SMILES string of the molecule is CC1(C)S[C@@H]2[C@H](NC(=O)C(NC(=O)c3cnccc3O)c3ccc(O)cc3)C(=O)N2[C@H]1C(=O)O. The number of phenols is 1. The number of hydrogen-bond acceptors (Lipinski definition) is 8. The lowest BCUT2D eigenvalue weighted by Gasteiger charge is -2.44. The number of carbonyl (C=O) groups is 4. The van der Waals surface area contributed by atoms with Crippen LogP contribution in [-0.4, -0.2) is 71.1 Å². The van der Waals surface area contributed by atoms with Crippen molar-refractivity contribution in [1.29, 1.82) is 0 Å². The van der Waals surface area contributed by atoms with Crippen molar-refractivity contribution in [2.24, 2.45) is 0 Å². The number of carboxylic acids is 1. The topological polar surface area (TPSA) is 169 Å². The van der Waals surface area contributed by atoms with Gasteiger partial charge in [-0.2, -0.15) is 0 Å². The molecule has 1 unspecified atom stereocenters. The summed E-state index contributed by atoms with van der Waals surface area (Å²) in [6.07, 6.45) is 2.45. The van der Waals surface area contributed by atoms with Gasteiger partial charge in [0.05, 0.1) is 5.56 Å². The molecule has 3 amide bonds. The molecule has 2 fully saturated rings. The van der Waals surface area contributed by atoms with E-state index in [0.717, 1.165) is 6.20 Å². The minimum absolute atomic E-state index is 0.0479. The first kappa shape index (κ1) is 23.4. The Hall–Kier alpha value is -3.80. The number of rotatable bonds is 6. The van der Waals surface area contributed by atoms with Gasteiger partial charge < -0.3 is 30.9 Å². The molecule has 178 valence electrons. The van der Waals surface area contributed by atoms with Crippen molar-refractivity contribution in [3.8, 4) is 11.5 Å². The Balaban J connectivity index is 1.56. The first-order valence-corrected chi connectivity index (χ1v) is 11.1. The third-order valence-electron chi connectivity index (χ3n) is 5.78. The predicted octanol–water partition coefficient (Wildman–Crippen LogP) is 0.596. The number of aromatic hydroxyl groups is 2. The summed E-state index contributed by atoms with van der Waals surface area (Å²) in [7, 11) is 0. The molecule has 1 aromatic heterocycles. The molecule has 3 heterocycles. The lowest BCUT2D eigenvalue weighted by molar-refractivity contribution is -0.161. The van der Waals surface area contributed by atoms with Crippen molar-refractivity contribution >= 4 is 35.5 Å². The summed E-state index contributed by atoms with van der Waals surface area (Å²) in [4.78, 5) is 55.5. The first-order chi connectivity index (χ1) is 16.0. The van der Waals surface area contributed by atoms with Gasteiger partial charge in [-0.05, 0) is 37.6 Å². The molecular weight excluding hydrogens is 464 g/mol. The van der Waals surface area contributed by atoms with E-state index in [4.69, 9.17) is 0 Å². The average molecular weight is 487 g/mol. The Morgan fingerprint density at radius 2 is 1.82 bits per heavy atom. The summed E-state index contributed by atoms with van der Waals surface area (Å²) >= 11 is 1.28. The van der Waals surface area contributed by atoms with Crippen molar-refractivity contribution in [3.63, 3.8) is 0 Å². The Bertz CT molecular complexity index is 1170. The van der Waals surface area contributed by atoms with Crippen LogP contribution in [0.2, 0.25) is 0 Å². The van der Waals surface area contributed by atoms with Crippen LogP contribution >= 0.6 is 11.8 Å². The van der Waals surface area contributed by atoms with E-state index in [-0.39, 0.29) is 17.1 Å². The van der Waals surface area contributed by atoms with Crippen molar-refractivity contribution in [1.82, 2.24) is 20.5 Å². The second-order valence-electron chi connectivity index (χ2n) is 8.48. The van der Waals surface area contributed by atoms with Crippen LogP contribution in [0.15, 0.2) is 42.7 Å². The second kappa shape index (κ2) is 8.52. The molecule has 5 N–H and O–H groups in total. The molecule has 12 heteroatoms. The number of benzene rings is 1. The number of aromatic nitrogens is 1. The Labute approximate surface area is 198 Å². The lowest BCUT2D eigenvalue weighted by atomic mass is 9.95. The molecule has 0 bridgehead atoms. The van der Waals surface area contributed by atoms with Crippen molar-refractivity contribution < 1.29 is 34.5 Å². The molecule has 2 saturated heterocycles. The number of aliphatic carboxylic acids is 1. The summed E-state index contributed by atoms with van der Waals surface area (Å²) in [5, 5.41) is 33.7. The summed E-state index contributed by atoms with van der Waals surface area (Å²) in [6, 6.07) is 3.51. The molecule has 2 aliphatic heterocycles. The summed E-state index contributed by atoms with van der Waals surface area (Å²) in [6.45, 7) is 3.45. The van der Waals surface area contributed by atoms with E-state index in [9.17, 15) is 34.5 Å². The third-order valence-corrected chi connectivity index (χ3v) is 7.35. The highest BCUT2D eigenvalue weighted by atomic mass is 32.2. The van der Waals surface area contributed by atoms with Crippen LogP contribution in [0.5, 0.6) is 11.5 Å². The molecule has 4 atom stereocenters. The van der Waals surface area contributed by atoms with Crippen LogP contribution in [-0.2, 0) is 14.4 Å². The highest BCUT2D eigenvalue weighted by molar-refractivity contribution is 8.01. The number of pyridine rings is 1. The van der Waals surface area contributed by atoms with Crippen LogP contribution < -0.4 is 10.6 Å². The van der Waals surface area contributed by atoms with E-state index in [1.54, 1.807) is 13.8 Å². The lowest BCUT2D eigenvalue weighted by Crippen LogP contribution is -2.71. The maximum absolute atomic E-state index is 13.2. The minimum Gasteiger partial charge on any atom is -0.508 e. The molecule has 0 aliphatic carbocycles. The number of thioether (sulfide) groups is 1. The van der Waals surface area contributed by atoms with Gasteiger partial charge in [0.2, 0.25) is 11.8 Å². The Morgan fingerprint density at radius 1 is 1.15 bits per heavy atom. The standard InChI is InChI=1S/C22H22N4O7S/c1-22(2)16(21(32)33)26-19(31)15(20(26)34-22)25-18(30)14(10-3-5-11(27)6-4-10)24-17(29)12-9-23-8-7-13(12)28/h3-9,14-16,20,27H,1-2H3,(H,23,28)(H,24,29)(H,25,30)(H,32,33)/t14?,15-,16+,20-/m1/s1. The minimum atomic E-state index is -1.27. The molecule has 11 nitrogen and oxygen atoms in total. The highest BCUT2D eigenvalue weighted by Crippen LogP contribution is 2.50. The summed E-state index contributed by atoms with van der Waals surface area (Å²) in [5.74, 6) is -3.51. The first-order valence-electron chi connectivity index (χ1n) is 10.3. The fourth-order valence-corrected chi connectivity index (χ4v) is 5.75. The van der Waals surface area contributed by atoms with Gasteiger partial charge in [-0.1, -0.05) is 12.1 Å². The van der Waals surface area contributed by atoms with Gasteiger partial charge in [-0.3, -0.25) is 19.4 Å². The van der Waals surface area contributed by atoms with E-state index in [1.165, 1.54) is 53.2 Å². The Morgan fingerprint density at radius 3 is 2.44 bits per heavy atom. The number of carbonyl (C=O) groups excluding carboxylic acids is 3. The molecule has 4 rings (SSSR count). The number of hydrogen-bond donors (Lipinski definition) is 5. The van der Waals surface area contributed by atoms with Gasteiger partial charge in [0.1, 0.15) is 35.0 Å².